The Morgan fingerprint density at radius 2 is 1.44 bits per heavy atom. The minimum Gasteiger partial charge on any atom is -0.508 e. The number of allylic oxidation sites excluding steroid dienone is 3. The number of alkyl halides is 3. The number of halogens is 3. The van der Waals surface area contributed by atoms with Crippen molar-refractivity contribution in [1.82, 2.24) is 0 Å². The fourth-order valence-electron chi connectivity index (χ4n) is 4.02. The summed E-state index contributed by atoms with van der Waals surface area (Å²) in [4.78, 5) is 34.8. The minimum absolute atomic E-state index is 0.0848. The molecule has 1 atom stereocenters. The smallest absolute Gasteiger partial charge is 0.423 e. The summed E-state index contributed by atoms with van der Waals surface area (Å²) >= 11 is 0. The van der Waals surface area contributed by atoms with Crippen LogP contribution in [-0.4, -0.2) is 60.4 Å². The number of hydrogen-bond acceptors (Lipinski definition) is 10. The molecule has 12 nitrogen and oxygen atoms in total. The monoisotopic (exact) mass is 672 g/mol. The van der Waals surface area contributed by atoms with Crippen molar-refractivity contribution in [3.05, 3.63) is 105 Å². The van der Waals surface area contributed by atoms with Crippen molar-refractivity contribution in [2.45, 2.75) is 18.7 Å². The molecule has 3 rings (SSSR count). The van der Waals surface area contributed by atoms with Crippen LogP contribution < -0.4 is 24.3 Å². The molecule has 0 spiro atoms. The predicted octanol–water partition coefficient (Wildman–Crippen LogP) is 6.15. The average Bonchev–Trinajstić information content (AvgIpc) is 3.04. The van der Waals surface area contributed by atoms with Crippen LogP contribution in [0, 0.1) is 10.1 Å². The molecule has 0 saturated carbocycles. The summed E-state index contributed by atoms with van der Waals surface area (Å²) in [6, 6.07) is 11.5. The highest BCUT2D eigenvalue weighted by Crippen LogP contribution is 2.38. The van der Waals surface area contributed by atoms with Crippen LogP contribution in [0.2, 0.25) is 0 Å². The van der Waals surface area contributed by atoms with E-state index in [1.807, 2.05) is 0 Å². The molecule has 0 bridgehead atoms. The molecule has 0 aliphatic rings. The molecule has 3 aromatic rings. The lowest BCUT2D eigenvalue weighted by Crippen LogP contribution is -2.45. The van der Waals surface area contributed by atoms with Crippen LogP contribution in [0.25, 0.3) is 12.2 Å². The van der Waals surface area contributed by atoms with Gasteiger partial charge in [0, 0.05) is 17.8 Å². The number of methoxy groups -OCH3 is 3. The molecule has 1 amide bonds. The summed E-state index contributed by atoms with van der Waals surface area (Å²) in [6.07, 6.45) is 1.50. The van der Waals surface area contributed by atoms with Crippen molar-refractivity contribution in [3.63, 3.8) is 0 Å². The van der Waals surface area contributed by atoms with E-state index >= 15 is 0 Å². The zero-order valence-electron chi connectivity index (χ0n) is 26.0. The zero-order chi connectivity index (χ0) is 35.6. The topological polar surface area (TPSA) is 167 Å². The fraction of sp³-hybridized carbons (Fsp3) is 0.212. The summed E-state index contributed by atoms with van der Waals surface area (Å²) in [6.45, 7) is 0.391. The number of anilines is 1. The Kier molecular flexibility index (Phi) is 11.9. The number of benzene rings is 3. The highest BCUT2D eigenvalue weighted by atomic mass is 19.4. The van der Waals surface area contributed by atoms with Crippen molar-refractivity contribution < 1.29 is 56.8 Å². The molecule has 0 aliphatic carbocycles. The van der Waals surface area contributed by atoms with Gasteiger partial charge in [-0.2, -0.15) is 13.2 Å². The van der Waals surface area contributed by atoms with Crippen LogP contribution >= 0.6 is 0 Å². The number of ketones is 1. The maximum Gasteiger partial charge on any atom is 0.423 e. The van der Waals surface area contributed by atoms with E-state index in [1.54, 1.807) is 24.3 Å². The third-order valence-electron chi connectivity index (χ3n) is 6.53. The van der Waals surface area contributed by atoms with E-state index in [0.717, 1.165) is 19.1 Å². The van der Waals surface area contributed by atoms with Gasteiger partial charge in [0.1, 0.15) is 17.9 Å². The van der Waals surface area contributed by atoms with Gasteiger partial charge in [0.25, 0.3) is 11.6 Å². The van der Waals surface area contributed by atoms with Gasteiger partial charge in [0.2, 0.25) is 0 Å². The largest absolute Gasteiger partial charge is 0.508 e. The van der Waals surface area contributed by atoms with E-state index in [-0.39, 0.29) is 17.3 Å². The number of carbonyl (C=O) groups is 2. The number of nitro groups is 1. The lowest BCUT2D eigenvalue weighted by Gasteiger charge is -2.23. The Morgan fingerprint density at radius 3 is 2.00 bits per heavy atom. The van der Waals surface area contributed by atoms with Crippen molar-refractivity contribution in [2.75, 3.05) is 33.3 Å². The minimum atomic E-state index is -5.07. The molecular weight excluding hydrogens is 641 g/mol. The summed E-state index contributed by atoms with van der Waals surface area (Å²) < 4.78 is 61.1. The van der Waals surface area contributed by atoms with Gasteiger partial charge in [-0.1, -0.05) is 24.3 Å². The number of amides is 1. The number of aliphatic hydroxyl groups excluding tert-OH is 1. The second kappa shape index (κ2) is 15.6. The summed E-state index contributed by atoms with van der Waals surface area (Å²) in [5.74, 6) is -0.696. The van der Waals surface area contributed by atoms with Crippen molar-refractivity contribution in [1.29, 1.82) is 0 Å². The summed E-state index contributed by atoms with van der Waals surface area (Å²) in [5.41, 5.74) is -4.28. The van der Waals surface area contributed by atoms with Gasteiger partial charge in [-0.25, -0.2) is 0 Å². The maximum absolute atomic E-state index is 13.3. The van der Waals surface area contributed by atoms with Gasteiger partial charge in [0.05, 0.1) is 26.3 Å². The van der Waals surface area contributed by atoms with Gasteiger partial charge in [-0.05, 0) is 66.6 Å². The highest BCUT2D eigenvalue weighted by molar-refractivity contribution is 6.02. The van der Waals surface area contributed by atoms with Crippen LogP contribution in [-0.2, 0) is 15.8 Å². The second-order valence-electron chi connectivity index (χ2n) is 10.2. The fourth-order valence-corrected chi connectivity index (χ4v) is 4.02. The van der Waals surface area contributed by atoms with E-state index in [1.165, 1.54) is 57.8 Å². The highest BCUT2D eigenvalue weighted by Gasteiger charge is 2.39. The molecule has 0 fully saturated rings. The first kappa shape index (κ1) is 36.6. The molecule has 15 heteroatoms. The Morgan fingerprint density at radius 1 is 0.875 bits per heavy atom. The Bertz CT molecular complexity index is 1760. The first-order chi connectivity index (χ1) is 22.6. The molecule has 1 unspecified atom stereocenters. The molecule has 3 N–H and O–H groups in total. The van der Waals surface area contributed by atoms with Crippen LogP contribution in [0.4, 0.5) is 24.5 Å². The Balaban J connectivity index is 1.64. The molecule has 0 saturated heterocycles. The molecular formula is C33H31F3N2O10. The number of nitrogens with zero attached hydrogens (tertiary/aromatic N) is 1. The zero-order valence-corrected chi connectivity index (χ0v) is 26.0. The van der Waals surface area contributed by atoms with E-state index < -0.39 is 51.9 Å². The summed E-state index contributed by atoms with van der Waals surface area (Å²) in [7, 11) is 4.32. The van der Waals surface area contributed by atoms with Gasteiger partial charge in [-0.15, -0.1) is 0 Å². The van der Waals surface area contributed by atoms with E-state index in [4.69, 9.17) is 18.9 Å². The van der Waals surface area contributed by atoms with Crippen LogP contribution in [0.1, 0.15) is 23.6 Å². The molecule has 0 heterocycles. The van der Waals surface area contributed by atoms with E-state index in [9.17, 15) is 43.1 Å². The number of nitro benzene ring substituents is 1. The predicted molar refractivity (Wildman–Crippen MR) is 169 cm³/mol. The van der Waals surface area contributed by atoms with Crippen LogP contribution in [0.3, 0.4) is 0 Å². The molecule has 3 aromatic carbocycles. The summed E-state index contributed by atoms with van der Waals surface area (Å²) in [5, 5.41) is 33.9. The SMILES string of the molecule is COc1ccc(/C=C/C(O)=CC(=O)/C=C/c2ccc(OCC(C)(O)C(=O)Nc3ccc([N+](=O)[O-])c(C(F)(F)F)c3)c(OC)c2)cc1OC. The maximum atomic E-state index is 13.3. The second-order valence-corrected chi connectivity index (χ2v) is 10.2. The average molecular weight is 673 g/mol. The first-order valence-electron chi connectivity index (χ1n) is 13.8. The van der Waals surface area contributed by atoms with Crippen LogP contribution in [0.15, 0.2) is 78.6 Å². The molecule has 0 aliphatic heterocycles. The van der Waals surface area contributed by atoms with Crippen molar-refractivity contribution >= 4 is 35.2 Å². The number of aliphatic hydroxyl groups is 2. The van der Waals surface area contributed by atoms with Crippen molar-refractivity contribution in [2.24, 2.45) is 0 Å². The number of nitrogens with one attached hydrogen (secondary N) is 1. The number of hydrogen-bond donors (Lipinski definition) is 3. The van der Waals surface area contributed by atoms with Gasteiger partial charge in [-0.3, -0.25) is 19.7 Å². The third-order valence-corrected chi connectivity index (χ3v) is 6.53. The molecule has 254 valence electrons. The first-order valence-corrected chi connectivity index (χ1v) is 13.8. The number of carbonyl (C=O) groups excluding carboxylic acids is 2. The Hall–Kier alpha value is -5.83. The lowest BCUT2D eigenvalue weighted by atomic mass is 10.1. The van der Waals surface area contributed by atoms with Gasteiger partial charge in [0.15, 0.2) is 34.4 Å². The van der Waals surface area contributed by atoms with Crippen LogP contribution in [0.5, 0.6) is 23.0 Å². The van der Waals surface area contributed by atoms with Gasteiger partial charge >= 0.3 is 6.18 Å². The standard InChI is InChI=1S/C33H31F3N2O10/c1-32(42,31(41)37-22-9-12-26(38(43)44)25(17-22)33(34,35)36)19-48-28-14-8-21(16-30(28)47-4)6-11-24(40)18-23(39)10-5-20-7-13-27(45-2)29(15-20)46-3/h5-18,39,42H,19H2,1-4H3,(H,37,41)/b10-5+,11-6+,23-18?. The van der Waals surface area contributed by atoms with E-state index in [0.29, 0.717) is 34.8 Å². The molecule has 48 heavy (non-hydrogen) atoms. The lowest BCUT2D eigenvalue weighted by molar-refractivity contribution is -0.388. The number of rotatable bonds is 14. The third kappa shape index (κ3) is 9.83. The normalized spacial score (nSPS) is 13.2. The Labute approximate surface area is 272 Å². The quantitative estimate of drug-likeness (QED) is 0.0595. The molecule has 0 radical (unpaired) electrons. The van der Waals surface area contributed by atoms with Crippen molar-refractivity contribution in [3.8, 4) is 23.0 Å². The number of ether oxygens (including phenoxy) is 4. The van der Waals surface area contributed by atoms with Gasteiger partial charge < -0.3 is 34.5 Å². The molecule has 0 aromatic heterocycles. The van der Waals surface area contributed by atoms with E-state index in [2.05, 4.69) is 5.32 Å².